The molecule has 0 spiro atoms. The smallest absolute Gasteiger partial charge is 0.325 e. The van der Waals surface area contributed by atoms with Gasteiger partial charge in [-0.05, 0) is 25.0 Å². The molecule has 0 aromatic carbocycles. The lowest BCUT2D eigenvalue weighted by Crippen LogP contribution is -2.33. The first-order valence-corrected chi connectivity index (χ1v) is 6.59. The van der Waals surface area contributed by atoms with Gasteiger partial charge in [-0.15, -0.1) is 0 Å². The molecular weight excluding hydrogens is 260 g/mol. The van der Waals surface area contributed by atoms with E-state index in [1.807, 2.05) is 13.8 Å². The normalized spacial score (nSPS) is 10.2. The summed E-state index contributed by atoms with van der Waals surface area (Å²) in [7, 11) is 1.45. The molecule has 0 aliphatic heterocycles. The molecule has 1 aromatic rings. The average Bonchev–Trinajstić information content (AvgIpc) is 2.50. The molecule has 110 valence electrons. The average molecular weight is 280 g/mol. The van der Waals surface area contributed by atoms with Crippen LogP contribution in [0.15, 0.2) is 18.3 Å². The first-order chi connectivity index (χ1) is 9.62. The minimum atomic E-state index is -0.469. The third kappa shape index (κ3) is 4.53. The third-order valence-corrected chi connectivity index (χ3v) is 2.81. The minimum Gasteiger partial charge on any atom is -0.494 e. The summed E-state index contributed by atoms with van der Waals surface area (Å²) in [6.45, 7) is 3.70. The van der Waals surface area contributed by atoms with Gasteiger partial charge in [0.05, 0.1) is 7.11 Å². The molecule has 0 atom stereocenters. The Kier molecular flexibility index (Phi) is 6.49. The quantitative estimate of drug-likeness (QED) is 0.767. The number of carbonyl (C=O) groups excluding carboxylic acids is 2. The van der Waals surface area contributed by atoms with E-state index >= 15 is 0 Å². The number of esters is 1. The number of methoxy groups -OCH3 is 1. The summed E-state index contributed by atoms with van der Waals surface area (Å²) in [6.07, 6.45) is 2.89. The number of hydrogen-bond acceptors (Lipinski definition) is 5. The number of hydrogen-bond donors (Lipinski definition) is 1. The van der Waals surface area contributed by atoms with Crippen LogP contribution in [0.4, 0.5) is 0 Å². The van der Waals surface area contributed by atoms with Crippen LogP contribution in [-0.2, 0) is 9.53 Å². The highest BCUT2D eigenvalue weighted by atomic mass is 16.5. The summed E-state index contributed by atoms with van der Waals surface area (Å²) in [5.74, 6) is -0.566. The Balaban J connectivity index is 2.53. The van der Waals surface area contributed by atoms with Crippen molar-refractivity contribution in [1.29, 1.82) is 0 Å². The fourth-order valence-electron chi connectivity index (χ4n) is 1.64. The second-order valence-corrected chi connectivity index (χ2v) is 4.17. The van der Waals surface area contributed by atoms with Gasteiger partial charge in [-0.3, -0.25) is 9.59 Å². The van der Waals surface area contributed by atoms with Crippen LogP contribution in [0, 0.1) is 0 Å². The van der Waals surface area contributed by atoms with Gasteiger partial charge in [0.1, 0.15) is 18.4 Å². The van der Waals surface area contributed by atoms with Gasteiger partial charge in [-0.25, -0.2) is 4.98 Å². The van der Waals surface area contributed by atoms with Crippen molar-refractivity contribution < 1.29 is 19.1 Å². The fraction of sp³-hybridized carbons (Fsp3) is 0.500. The molecule has 0 aliphatic carbocycles. The zero-order valence-electron chi connectivity index (χ0n) is 12.0. The van der Waals surface area contributed by atoms with Crippen LogP contribution in [0.3, 0.4) is 0 Å². The van der Waals surface area contributed by atoms with Crippen molar-refractivity contribution in [3.05, 3.63) is 24.0 Å². The predicted molar refractivity (Wildman–Crippen MR) is 73.6 cm³/mol. The van der Waals surface area contributed by atoms with Crippen molar-refractivity contribution in [2.45, 2.75) is 32.8 Å². The first kappa shape index (κ1) is 15.9. The largest absolute Gasteiger partial charge is 0.494 e. The van der Waals surface area contributed by atoms with Gasteiger partial charge in [0.25, 0.3) is 5.91 Å². The Morgan fingerprint density at radius 2 is 2.05 bits per heavy atom. The molecule has 0 unspecified atom stereocenters. The van der Waals surface area contributed by atoms with Crippen molar-refractivity contribution in [3.8, 4) is 5.75 Å². The number of amides is 1. The van der Waals surface area contributed by atoms with Gasteiger partial charge < -0.3 is 14.8 Å². The Hall–Kier alpha value is -2.11. The molecule has 0 fully saturated rings. The number of carbonyl (C=O) groups is 2. The number of rotatable bonds is 7. The highest BCUT2D eigenvalue weighted by Gasteiger charge is 2.16. The zero-order valence-corrected chi connectivity index (χ0v) is 12.0. The fourth-order valence-corrected chi connectivity index (χ4v) is 1.64. The summed E-state index contributed by atoms with van der Waals surface area (Å²) in [4.78, 5) is 27.4. The lowest BCUT2D eigenvalue weighted by Gasteiger charge is -2.14. The van der Waals surface area contributed by atoms with Gasteiger partial charge in [-0.1, -0.05) is 13.8 Å². The first-order valence-electron chi connectivity index (χ1n) is 6.59. The van der Waals surface area contributed by atoms with Crippen LogP contribution in [0.5, 0.6) is 5.75 Å². The molecule has 1 N–H and O–H groups in total. The molecule has 0 radical (unpaired) electrons. The van der Waals surface area contributed by atoms with Gasteiger partial charge in [0.2, 0.25) is 0 Å². The topological polar surface area (TPSA) is 77.5 Å². The van der Waals surface area contributed by atoms with Crippen molar-refractivity contribution in [2.75, 3.05) is 13.7 Å². The monoisotopic (exact) mass is 280 g/mol. The summed E-state index contributed by atoms with van der Waals surface area (Å²) in [6, 6.07) is 3.29. The van der Waals surface area contributed by atoms with E-state index in [0.29, 0.717) is 5.75 Å². The number of nitrogens with zero attached hydrogens (tertiary/aromatic N) is 1. The Morgan fingerprint density at radius 1 is 1.35 bits per heavy atom. The molecule has 0 bridgehead atoms. The van der Waals surface area contributed by atoms with E-state index in [4.69, 9.17) is 9.47 Å². The summed E-state index contributed by atoms with van der Waals surface area (Å²) >= 11 is 0. The number of ether oxygens (including phenoxy) is 2. The SMILES string of the molecule is CCC(CC)OC(=O)CNC(=O)c1ncccc1OC. The molecule has 6 nitrogen and oxygen atoms in total. The van der Waals surface area contributed by atoms with Gasteiger partial charge in [-0.2, -0.15) is 0 Å². The molecule has 0 aliphatic rings. The summed E-state index contributed by atoms with van der Waals surface area (Å²) < 4.78 is 10.2. The summed E-state index contributed by atoms with van der Waals surface area (Å²) in [5.41, 5.74) is 0.144. The maximum absolute atomic E-state index is 11.9. The molecule has 1 heterocycles. The highest BCUT2D eigenvalue weighted by Crippen LogP contribution is 2.13. The lowest BCUT2D eigenvalue weighted by molar-refractivity contribution is -0.148. The second-order valence-electron chi connectivity index (χ2n) is 4.17. The van der Waals surface area contributed by atoms with Crippen molar-refractivity contribution >= 4 is 11.9 Å². The molecule has 1 rings (SSSR count). The maximum atomic E-state index is 11.9. The van der Waals surface area contributed by atoms with Crippen molar-refractivity contribution in [2.24, 2.45) is 0 Å². The molecule has 6 heteroatoms. The highest BCUT2D eigenvalue weighted by molar-refractivity contribution is 5.96. The van der Waals surface area contributed by atoms with Crippen LogP contribution >= 0.6 is 0 Å². The van der Waals surface area contributed by atoms with E-state index in [2.05, 4.69) is 10.3 Å². The van der Waals surface area contributed by atoms with Crippen LogP contribution in [-0.4, -0.2) is 36.6 Å². The molecule has 20 heavy (non-hydrogen) atoms. The van der Waals surface area contributed by atoms with E-state index < -0.39 is 11.9 Å². The Morgan fingerprint density at radius 3 is 2.65 bits per heavy atom. The Labute approximate surface area is 118 Å². The lowest BCUT2D eigenvalue weighted by atomic mass is 10.2. The van der Waals surface area contributed by atoms with Crippen molar-refractivity contribution in [1.82, 2.24) is 10.3 Å². The zero-order chi connectivity index (χ0) is 15.0. The van der Waals surface area contributed by atoms with Gasteiger partial charge >= 0.3 is 5.97 Å². The van der Waals surface area contributed by atoms with Crippen LogP contribution < -0.4 is 10.1 Å². The number of aromatic nitrogens is 1. The van der Waals surface area contributed by atoms with Gasteiger partial charge in [0.15, 0.2) is 5.69 Å². The molecule has 1 amide bonds. The van der Waals surface area contributed by atoms with Gasteiger partial charge in [0, 0.05) is 6.20 Å². The molecule has 1 aromatic heterocycles. The van der Waals surface area contributed by atoms with Crippen LogP contribution in [0.25, 0.3) is 0 Å². The Bertz CT molecular complexity index is 458. The predicted octanol–water partition coefficient (Wildman–Crippen LogP) is 1.55. The standard InChI is InChI=1S/C14H20N2O4/c1-4-10(5-2)20-12(17)9-16-14(18)13-11(19-3)7-6-8-15-13/h6-8,10H,4-5,9H2,1-3H3,(H,16,18). The molecular formula is C14H20N2O4. The van der Waals surface area contributed by atoms with E-state index in [0.717, 1.165) is 12.8 Å². The second kappa shape index (κ2) is 8.14. The number of nitrogens with one attached hydrogen (secondary N) is 1. The minimum absolute atomic E-state index is 0.108. The molecule has 0 saturated heterocycles. The van der Waals surface area contributed by atoms with Crippen molar-refractivity contribution in [3.63, 3.8) is 0 Å². The molecule has 0 saturated carbocycles. The summed E-state index contributed by atoms with van der Waals surface area (Å²) in [5, 5.41) is 2.47. The van der Waals surface area contributed by atoms with E-state index in [1.54, 1.807) is 12.1 Å². The van der Waals surface area contributed by atoms with Crippen LogP contribution in [0.2, 0.25) is 0 Å². The maximum Gasteiger partial charge on any atom is 0.325 e. The number of pyridine rings is 1. The third-order valence-electron chi connectivity index (χ3n) is 2.81. The van der Waals surface area contributed by atoms with Crippen LogP contribution in [0.1, 0.15) is 37.2 Å². The van der Waals surface area contributed by atoms with E-state index in [1.165, 1.54) is 13.3 Å². The van der Waals surface area contributed by atoms with E-state index in [-0.39, 0.29) is 18.3 Å². The van der Waals surface area contributed by atoms with E-state index in [9.17, 15) is 9.59 Å².